The molecule has 0 fully saturated rings. The lowest BCUT2D eigenvalue weighted by atomic mass is 10.1. The van der Waals surface area contributed by atoms with Gasteiger partial charge in [0, 0.05) is 18.5 Å². The molecule has 1 aromatic carbocycles. The maximum absolute atomic E-state index is 12.5. The Hall–Kier alpha value is -2.54. The number of hydrogen-bond donors (Lipinski definition) is 1. The first kappa shape index (κ1) is 14.4. The predicted octanol–water partition coefficient (Wildman–Crippen LogP) is 0.727. The van der Waals surface area contributed by atoms with Crippen LogP contribution in [0, 0.1) is 6.92 Å². The van der Waals surface area contributed by atoms with E-state index >= 15 is 0 Å². The zero-order valence-corrected chi connectivity index (χ0v) is 12.3. The molecule has 0 radical (unpaired) electrons. The van der Waals surface area contributed by atoms with Gasteiger partial charge in [0.15, 0.2) is 0 Å². The number of rotatable bonds is 5. The molecule has 7 heteroatoms. The SMILES string of the molecule is Cc1nn(Cc2ncnn2CCCO)c(=O)c2ccccc12. The number of aliphatic hydroxyl groups is 1. The molecule has 22 heavy (non-hydrogen) atoms. The molecule has 7 nitrogen and oxygen atoms in total. The number of nitrogens with zero attached hydrogens (tertiary/aromatic N) is 5. The van der Waals surface area contributed by atoms with E-state index in [0.717, 1.165) is 11.1 Å². The van der Waals surface area contributed by atoms with Gasteiger partial charge in [-0.05, 0) is 19.4 Å². The van der Waals surface area contributed by atoms with Gasteiger partial charge in [-0.1, -0.05) is 18.2 Å². The summed E-state index contributed by atoms with van der Waals surface area (Å²) in [5, 5.41) is 18.9. The van der Waals surface area contributed by atoms with Crippen LogP contribution in [-0.2, 0) is 13.1 Å². The third kappa shape index (κ3) is 2.62. The summed E-state index contributed by atoms with van der Waals surface area (Å²) in [5.74, 6) is 0.651. The van der Waals surface area contributed by atoms with Gasteiger partial charge in [-0.3, -0.25) is 4.79 Å². The van der Waals surface area contributed by atoms with Crippen molar-refractivity contribution in [1.82, 2.24) is 24.5 Å². The Bertz CT molecular complexity index is 853. The minimum atomic E-state index is -0.141. The van der Waals surface area contributed by atoms with E-state index in [2.05, 4.69) is 15.2 Å². The van der Waals surface area contributed by atoms with E-state index in [1.54, 1.807) is 10.7 Å². The Kier molecular flexibility index (Phi) is 3.97. The molecule has 0 aliphatic rings. The molecule has 0 saturated carbocycles. The third-order valence-corrected chi connectivity index (χ3v) is 3.57. The summed E-state index contributed by atoms with van der Waals surface area (Å²) in [6.07, 6.45) is 2.04. The number of aromatic nitrogens is 5. The molecule has 0 amide bonds. The van der Waals surface area contributed by atoms with E-state index in [-0.39, 0.29) is 18.7 Å². The number of aliphatic hydroxyl groups excluding tert-OH is 1. The standard InChI is InChI=1S/C15H17N5O2/c1-11-12-5-2-3-6-13(12)15(22)20(18-11)9-14-16-10-17-19(14)7-4-8-21/h2-3,5-6,10,21H,4,7-9H2,1H3. The van der Waals surface area contributed by atoms with Crippen LogP contribution in [0.25, 0.3) is 10.8 Å². The third-order valence-electron chi connectivity index (χ3n) is 3.57. The molecule has 2 aromatic heterocycles. The molecular weight excluding hydrogens is 282 g/mol. The fourth-order valence-electron chi connectivity index (χ4n) is 2.46. The molecule has 0 atom stereocenters. The minimum absolute atomic E-state index is 0.0899. The molecule has 2 heterocycles. The van der Waals surface area contributed by atoms with Gasteiger partial charge in [0.2, 0.25) is 0 Å². The normalized spacial score (nSPS) is 11.2. The second kappa shape index (κ2) is 6.07. The molecule has 3 rings (SSSR count). The van der Waals surface area contributed by atoms with Gasteiger partial charge in [-0.25, -0.2) is 14.3 Å². The van der Waals surface area contributed by atoms with E-state index in [1.807, 2.05) is 25.1 Å². The van der Waals surface area contributed by atoms with E-state index < -0.39 is 0 Å². The molecule has 1 N–H and O–H groups in total. The van der Waals surface area contributed by atoms with Crippen LogP contribution in [0.1, 0.15) is 17.9 Å². The fourth-order valence-corrected chi connectivity index (χ4v) is 2.46. The zero-order valence-electron chi connectivity index (χ0n) is 12.3. The smallest absolute Gasteiger partial charge is 0.275 e. The number of hydrogen-bond acceptors (Lipinski definition) is 5. The maximum atomic E-state index is 12.5. The van der Waals surface area contributed by atoms with Gasteiger partial charge in [0.1, 0.15) is 18.7 Å². The highest BCUT2D eigenvalue weighted by Crippen LogP contribution is 2.12. The van der Waals surface area contributed by atoms with Gasteiger partial charge >= 0.3 is 0 Å². The number of benzene rings is 1. The van der Waals surface area contributed by atoms with Crippen LogP contribution in [0.2, 0.25) is 0 Å². The molecule has 0 spiro atoms. The highest BCUT2D eigenvalue weighted by atomic mass is 16.3. The summed E-state index contributed by atoms with van der Waals surface area (Å²) >= 11 is 0. The van der Waals surface area contributed by atoms with Crippen molar-refractivity contribution in [3.63, 3.8) is 0 Å². The quantitative estimate of drug-likeness (QED) is 0.750. The Morgan fingerprint density at radius 3 is 2.73 bits per heavy atom. The van der Waals surface area contributed by atoms with Crippen molar-refractivity contribution in [2.24, 2.45) is 0 Å². The molecule has 0 aliphatic heterocycles. The molecule has 114 valence electrons. The first-order valence-electron chi connectivity index (χ1n) is 7.14. The topological polar surface area (TPSA) is 85.8 Å². The van der Waals surface area contributed by atoms with Crippen LogP contribution < -0.4 is 5.56 Å². The summed E-state index contributed by atoms with van der Waals surface area (Å²) in [6, 6.07) is 7.44. The van der Waals surface area contributed by atoms with Crippen molar-refractivity contribution < 1.29 is 5.11 Å². The minimum Gasteiger partial charge on any atom is -0.396 e. The lowest BCUT2D eigenvalue weighted by Gasteiger charge is -2.09. The Morgan fingerprint density at radius 2 is 1.95 bits per heavy atom. The largest absolute Gasteiger partial charge is 0.396 e. The van der Waals surface area contributed by atoms with Crippen molar-refractivity contribution in [3.05, 3.63) is 52.5 Å². The van der Waals surface area contributed by atoms with Crippen LogP contribution in [0.15, 0.2) is 35.4 Å². The van der Waals surface area contributed by atoms with Crippen molar-refractivity contribution in [2.75, 3.05) is 6.61 Å². The maximum Gasteiger partial charge on any atom is 0.275 e. The van der Waals surface area contributed by atoms with Crippen LogP contribution in [-0.4, -0.2) is 36.3 Å². The summed E-state index contributed by atoms with van der Waals surface area (Å²) < 4.78 is 3.10. The molecule has 3 aromatic rings. The second-order valence-corrected chi connectivity index (χ2v) is 5.07. The van der Waals surface area contributed by atoms with Crippen LogP contribution in [0.5, 0.6) is 0 Å². The van der Waals surface area contributed by atoms with E-state index in [9.17, 15) is 4.79 Å². The van der Waals surface area contributed by atoms with Gasteiger partial charge in [-0.15, -0.1) is 0 Å². The Balaban J connectivity index is 2.00. The average Bonchev–Trinajstić information content (AvgIpc) is 2.97. The van der Waals surface area contributed by atoms with Crippen molar-refractivity contribution in [2.45, 2.75) is 26.4 Å². The highest BCUT2D eigenvalue weighted by molar-refractivity contribution is 5.83. The lowest BCUT2D eigenvalue weighted by Crippen LogP contribution is -2.26. The van der Waals surface area contributed by atoms with Gasteiger partial charge < -0.3 is 5.11 Å². The molecule has 0 unspecified atom stereocenters. The molecule has 0 aliphatic carbocycles. The summed E-state index contributed by atoms with van der Waals surface area (Å²) in [5.41, 5.74) is 0.662. The van der Waals surface area contributed by atoms with E-state index in [1.165, 1.54) is 11.0 Å². The summed E-state index contributed by atoms with van der Waals surface area (Å²) in [7, 11) is 0. The van der Waals surface area contributed by atoms with Crippen molar-refractivity contribution >= 4 is 10.8 Å². The first-order valence-corrected chi connectivity index (χ1v) is 7.14. The predicted molar refractivity (Wildman–Crippen MR) is 81.6 cm³/mol. The summed E-state index contributed by atoms with van der Waals surface area (Å²) in [4.78, 5) is 16.7. The fraction of sp³-hybridized carbons (Fsp3) is 0.333. The van der Waals surface area contributed by atoms with Crippen molar-refractivity contribution in [3.8, 4) is 0 Å². The second-order valence-electron chi connectivity index (χ2n) is 5.07. The zero-order chi connectivity index (χ0) is 15.5. The van der Waals surface area contributed by atoms with Crippen LogP contribution in [0.4, 0.5) is 0 Å². The average molecular weight is 299 g/mol. The first-order chi connectivity index (χ1) is 10.7. The van der Waals surface area contributed by atoms with Crippen LogP contribution >= 0.6 is 0 Å². The van der Waals surface area contributed by atoms with Gasteiger partial charge in [0.25, 0.3) is 5.56 Å². The monoisotopic (exact) mass is 299 g/mol. The summed E-state index contributed by atoms with van der Waals surface area (Å²) in [6.45, 7) is 2.80. The van der Waals surface area contributed by atoms with Gasteiger partial charge in [0.05, 0.1) is 11.1 Å². The van der Waals surface area contributed by atoms with Crippen molar-refractivity contribution in [1.29, 1.82) is 0 Å². The number of fused-ring (bicyclic) bond motifs is 1. The Labute approximate surface area is 126 Å². The van der Waals surface area contributed by atoms with E-state index in [0.29, 0.717) is 24.2 Å². The van der Waals surface area contributed by atoms with Gasteiger partial charge in [-0.2, -0.15) is 10.2 Å². The molecule has 0 saturated heterocycles. The number of aryl methyl sites for hydroxylation is 2. The Morgan fingerprint density at radius 1 is 1.18 bits per heavy atom. The molecule has 0 bridgehead atoms. The highest BCUT2D eigenvalue weighted by Gasteiger charge is 2.11. The lowest BCUT2D eigenvalue weighted by molar-refractivity contribution is 0.275. The van der Waals surface area contributed by atoms with Crippen LogP contribution in [0.3, 0.4) is 0 Å². The molecular formula is C15H17N5O2. The van der Waals surface area contributed by atoms with E-state index in [4.69, 9.17) is 5.11 Å².